The van der Waals surface area contributed by atoms with E-state index in [9.17, 15) is 4.79 Å². The summed E-state index contributed by atoms with van der Waals surface area (Å²) in [5, 5.41) is 8.47. The highest BCUT2D eigenvalue weighted by Gasteiger charge is 2.27. The molecule has 0 fully saturated rings. The Morgan fingerprint density at radius 1 is 1.25 bits per heavy atom. The van der Waals surface area contributed by atoms with E-state index in [0.717, 1.165) is 25.0 Å². The van der Waals surface area contributed by atoms with Gasteiger partial charge in [0.05, 0.1) is 5.75 Å². The molecule has 0 saturated heterocycles. The number of carbonyl (C=O) groups excluding carboxylic acids is 1. The van der Waals surface area contributed by atoms with Gasteiger partial charge in [0.1, 0.15) is 6.61 Å². The molecule has 1 aromatic carbocycles. The van der Waals surface area contributed by atoms with Crippen LogP contribution in [0, 0.1) is 0 Å². The number of allylic oxidation sites excluding steroid dienone is 2. The molecule has 1 unspecified atom stereocenters. The minimum Gasteiger partial charge on any atom is -0.485 e. The van der Waals surface area contributed by atoms with Crippen LogP contribution in [-0.2, 0) is 4.79 Å². The Kier molecular flexibility index (Phi) is 5.85. The maximum absolute atomic E-state index is 12.6. The molecular weight excluding hydrogens is 378 g/mol. The molecule has 1 aliphatic carbocycles. The van der Waals surface area contributed by atoms with E-state index in [1.165, 1.54) is 18.2 Å². The highest BCUT2D eigenvalue weighted by molar-refractivity contribution is 7.99. The molecule has 8 heteroatoms. The lowest BCUT2D eigenvalue weighted by Crippen LogP contribution is -2.32. The topological polar surface area (TPSA) is 77.7 Å². The van der Waals surface area contributed by atoms with Gasteiger partial charge >= 0.3 is 0 Å². The Morgan fingerprint density at radius 2 is 2.11 bits per heavy atom. The second kappa shape index (κ2) is 8.68. The summed E-state index contributed by atoms with van der Waals surface area (Å²) in [6.45, 7) is 2.98. The number of benzene rings is 1. The molecule has 0 saturated carbocycles. The monoisotopic (exact) mass is 401 g/mol. The van der Waals surface area contributed by atoms with Gasteiger partial charge in [-0.3, -0.25) is 4.79 Å². The largest absolute Gasteiger partial charge is 0.485 e. The van der Waals surface area contributed by atoms with Gasteiger partial charge in [0.15, 0.2) is 11.5 Å². The third-order valence-electron chi connectivity index (χ3n) is 4.76. The second-order valence-electron chi connectivity index (χ2n) is 6.64. The van der Waals surface area contributed by atoms with Gasteiger partial charge in [-0.2, -0.15) is 0 Å². The van der Waals surface area contributed by atoms with E-state index in [1.54, 1.807) is 0 Å². The summed E-state index contributed by atoms with van der Waals surface area (Å²) < 4.78 is 17.3. The molecule has 148 valence electrons. The van der Waals surface area contributed by atoms with E-state index in [0.29, 0.717) is 35.8 Å². The Morgan fingerprint density at radius 3 is 2.89 bits per heavy atom. The highest BCUT2D eigenvalue weighted by atomic mass is 32.2. The molecule has 0 bridgehead atoms. The fourth-order valence-electron chi connectivity index (χ4n) is 3.36. The number of thioether (sulfide) groups is 1. The van der Waals surface area contributed by atoms with Crippen molar-refractivity contribution in [2.75, 3.05) is 18.9 Å². The quantitative estimate of drug-likeness (QED) is 0.678. The van der Waals surface area contributed by atoms with E-state index in [1.807, 2.05) is 36.1 Å². The van der Waals surface area contributed by atoms with Gasteiger partial charge in [0.2, 0.25) is 12.0 Å². The summed E-state index contributed by atoms with van der Waals surface area (Å²) in [6, 6.07) is 7.47. The number of nitrogens with zero attached hydrogens (tertiary/aromatic N) is 3. The standard InChI is InChI=1S/C20H23N3O4S/c1-2-23(14-8-4-3-5-9-14)18(24)13-28-20-22-21-19(27-20)17-12-25-15-10-6-7-11-16(15)26-17/h6-8,10-11,17H,2-5,9,12-13H2,1H3. The molecule has 2 aliphatic rings. The van der Waals surface area contributed by atoms with Gasteiger partial charge < -0.3 is 18.8 Å². The van der Waals surface area contributed by atoms with Crippen molar-refractivity contribution in [2.24, 2.45) is 0 Å². The van der Waals surface area contributed by atoms with Crippen LogP contribution < -0.4 is 9.47 Å². The molecule has 1 atom stereocenters. The van der Waals surface area contributed by atoms with Crippen molar-refractivity contribution < 1.29 is 18.7 Å². The fourth-order valence-corrected chi connectivity index (χ4v) is 4.00. The van der Waals surface area contributed by atoms with Crippen molar-refractivity contribution in [3.05, 3.63) is 41.9 Å². The molecule has 1 amide bonds. The van der Waals surface area contributed by atoms with Crippen molar-refractivity contribution >= 4 is 17.7 Å². The number of hydrogen-bond donors (Lipinski definition) is 0. The van der Waals surface area contributed by atoms with Crippen molar-refractivity contribution in [1.82, 2.24) is 15.1 Å². The van der Waals surface area contributed by atoms with Gasteiger partial charge in [-0.1, -0.05) is 30.0 Å². The minimum atomic E-state index is -0.452. The van der Waals surface area contributed by atoms with Crippen LogP contribution >= 0.6 is 11.8 Å². The molecule has 0 spiro atoms. The predicted molar refractivity (Wildman–Crippen MR) is 104 cm³/mol. The van der Waals surface area contributed by atoms with E-state index in [4.69, 9.17) is 13.9 Å². The molecule has 2 aromatic rings. The number of aromatic nitrogens is 2. The average molecular weight is 401 g/mol. The molecular formula is C20H23N3O4S. The van der Waals surface area contributed by atoms with Crippen LogP contribution in [0.25, 0.3) is 0 Å². The van der Waals surface area contributed by atoms with Crippen LogP contribution in [0.1, 0.15) is 44.6 Å². The van der Waals surface area contributed by atoms with Gasteiger partial charge in [0, 0.05) is 12.2 Å². The maximum atomic E-state index is 12.6. The third-order valence-corrected chi connectivity index (χ3v) is 5.56. The summed E-state index contributed by atoms with van der Waals surface area (Å²) in [4.78, 5) is 14.5. The third kappa shape index (κ3) is 4.16. The lowest BCUT2D eigenvalue weighted by Gasteiger charge is -2.26. The predicted octanol–water partition coefficient (Wildman–Crippen LogP) is 3.98. The molecule has 2 heterocycles. The van der Waals surface area contributed by atoms with E-state index >= 15 is 0 Å². The van der Waals surface area contributed by atoms with E-state index in [2.05, 4.69) is 16.3 Å². The summed E-state index contributed by atoms with van der Waals surface area (Å²) >= 11 is 1.25. The zero-order valence-corrected chi connectivity index (χ0v) is 16.6. The number of carbonyl (C=O) groups is 1. The first-order valence-electron chi connectivity index (χ1n) is 9.58. The molecule has 1 aliphatic heterocycles. The summed E-state index contributed by atoms with van der Waals surface area (Å²) in [6.07, 6.45) is 6.08. The van der Waals surface area contributed by atoms with Gasteiger partial charge in [-0.25, -0.2) is 0 Å². The molecule has 7 nitrogen and oxygen atoms in total. The van der Waals surface area contributed by atoms with Crippen LogP contribution in [0.3, 0.4) is 0 Å². The molecule has 1 aromatic heterocycles. The number of amides is 1. The van der Waals surface area contributed by atoms with E-state index < -0.39 is 6.10 Å². The lowest BCUT2D eigenvalue weighted by atomic mass is 10.0. The Balaban J connectivity index is 1.35. The second-order valence-corrected chi connectivity index (χ2v) is 7.56. The highest BCUT2D eigenvalue weighted by Crippen LogP contribution is 2.36. The van der Waals surface area contributed by atoms with Gasteiger partial charge in [0.25, 0.3) is 11.1 Å². The number of para-hydroxylation sites is 2. The van der Waals surface area contributed by atoms with Crippen molar-refractivity contribution in [2.45, 2.75) is 43.9 Å². The Hall–Kier alpha value is -2.48. The number of hydrogen-bond acceptors (Lipinski definition) is 7. The first-order chi connectivity index (χ1) is 13.7. The van der Waals surface area contributed by atoms with Crippen molar-refractivity contribution in [3.8, 4) is 11.5 Å². The number of ether oxygens (including phenoxy) is 2. The smallest absolute Gasteiger partial charge is 0.277 e. The lowest BCUT2D eigenvalue weighted by molar-refractivity contribution is -0.126. The van der Waals surface area contributed by atoms with E-state index in [-0.39, 0.29) is 11.7 Å². The van der Waals surface area contributed by atoms with Crippen molar-refractivity contribution in [3.63, 3.8) is 0 Å². The SMILES string of the molecule is CCN(C(=O)CSc1nnc(C2COc3ccccc3O2)o1)C1=CCCCC1. The molecule has 0 N–H and O–H groups in total. The average Bonchev–Trinajstić information content (AvgIpc) is 3.22. The van der Waals surface area contributed by atoms with Crippen LogP contribution in [-0.4, -0.2) is 39.9 Å². The van der Waals surface area contributed by atoms with Crippen molar-refractivity contribution in [1.29, 1.82) is 0 Å². The van der Waals surface area contributed by atoms with Crippen LogP contribution in [0.2, 0.25) is 0 Å². The number of rotatable bonds is 6. The zero-order valence-electron chi connectivity index (χ0n) is 15.8. The minimum absolute atomic E-state index is 0.0616. The Bertz CT molecular complexity index is 867. The van der Waals surface area contributed by atoms with Crippen LogP contribution in [0.15, 0.2) is 45.7 Å². The van der Waals surface area contributed by atoms with Crippen LogP contribution in [0.5, 0.6) is 11.5 Å². The summed E-state index contributed by atoms with van der Waals surface area (Å²) in [5.41, 5.74) is 1.14. The van der Waals surface area contributed by atoms with Crippen LogP contribution in [0.4, 0.5) is 0 Å². The summed E-state index contributed by atoms with van der Waals surface area (Å²) in [7, 11) is 0. The first kappa shape index (κ1) is 18.9. The molecule has 0 radical (unpaired) electrons. The van der Waals surface area contributed by atoms with Gasteiger partial charge in [-0.05, 0) is 44.7 Å². The first-order valence-corrected chi connectivity index (χ1v) is 10.6. The van der Waals surface area contributed by atoms with Gasteiger partial charge in [-0.15, -0.1) is 10.2 Å². The maximum Gasteiger partial charge on any atom is 0.277 e. The number of fused-ring (bicyclic) bond motifs is 1. The Labute approximate surface area is 168 Å². The molecule has 4 rings (SSSR count). The summed E-state index contributed by atoms with van der Waals surface area (Å²) in [5.74, 6) is 2.03. The normalized spacial score (nSPS) is 18.5. The zero-order chi connectivity index (χ0) is 19.3. The fraction of sp³-hybridized carbons (Fsp3) is 0.450. The molecule has 28 heavy (non-hydrogen) atoms.